The maximum Gasteiger partial charge on any atom is 0.306 e. The number of carbonyl (C=O) groups is 2. The van der Waals surface area contributed by atoms with Gasteiger partial charge < -0.3 is 9.84 Å². The number of rotatable bonds is 24. The highest BCUT2D eigenvalue weighted by Crippen LogP contribution is 2.18. The number of hydrogen-bond donors (Lipinski definition) is 1. The maximum absolute atomic E-state index is 12.3. The van der Waals surface area contributed by atoms with Crippen molar-refractivity contribution in [1.29, 1.82) is 0 Å². The van der Waals surface area contributed by atoms with E-state index in [2.05, 4.69) is 13.8 Å². The number of carboxylic acid groups (broad SMARTS) is 1. The van der Waals surface area contributed by atoms with Crippen molar-refractivity contribution in [3.05, 3.63) is 0 Å². The molecule has 0 spiro atoms. The minimum Gasteiger partial charge on any atom is -0.481 e. The van der Waals surface area contributed by atoms with Gasteiger partial charge in [0.15, 0.2) is 0 Å². The van der Waals surface area contributed by atoms with Crippen LogP contribution in [0.5, 0.6) is 0 Å². The molecule has 1 atom stereocenters. The lowest BCUT2D eigenvalue weighted by molar-refractivity contribution is -0.150. The minimum absolute atomic E-state index is 0.0114. The van der Waals surface area contributed by atoms with Gasteiger partial charge in [-0.2, -0.15) is 0 Å². The average molecular weight is 441 g/mol. The molecule has 0 fully saturated rings. The highest BCUT2D eigenvalue weighted by Gasteiger charge is 2.14. The summed E-state index contributed by atoms with van der Waals surface area (Å²) in [5, 5.41) is 8.64. The second-order valence-corrected chi connectivity index (χ2v) is 9.24. The molecule has 0 amide bonds. The van der Waals surface area contributed by atoms with Gasteiger partial charge in [0, 0.05) is 12.8 Å². The Labute approximate surface area is 192 Å². The lowest BCUT2D eigenvalue weighted by Gasteiger charge is -2.18. The van der Waals surface area contributed by atoms with E-state index in [0.29, 0.717) is 12.8 Å². The molecule has 184 valence electrons. The summed E-state index contributed by atoms with van der Waals surface area (Å²) >= 11 is 0. The van der Waals surface area contributed by atoms with Gasteiger partial charge in [-0.05, 0) is 38.5 Å². The van der Waals surface area contributed by atoms with E-state index in [-0.39, 0.29) is 12.1 Å². The fourth-order valence-corrected chi connectivity index (χ4v) is 4.06. The molecule has 0 saturated heterocycles. The van der Waals surface area contributed by atoms with Crippen molar-refractivity contribution in [2.75, 3.05) is 0 Å². The molecule has 1 unspecified atom stereocenters. The monoisotopic (exact) mass is 440 g/mol. The van der Waals surface area contributed by atoms with Crippen LogP contribution in [0.1, 0.15) is 155 Å². The smallest absolute Gasteiger partial charge is 0.306 e. The van der Waals surface area contributed by atoms with Gasteiger partial charge in [-0.15, -0.1) is 0 Å². The van der Waals surface area contributed by atoms with Crippen LogP contribution in [0.25, 0.3) is 0 Å². The summed E-state index contributed by atoms with van der Waals surface area (Å²) in [5.74, 6) is -0.672. The summed E-state index contributed by atoms with van der Waals surface area (Å²) in [4.78, 5) is 22.8. The molecule has 0 radical (unpaired) electrons. The zero-order chi connectivity index (χ0) is 23.0. The summed E-state index contributed by atoms with van der Waals surface area (Å²) in [6.45, 7) is 4.45. The van der Waals surface area contributed by atoms with Gasteiger partial charge in [0.25, 0.3) is 0 Å². The molecule has 0 rings (SSSR count). The van der Waals surface area contributed by atoms with Crippen molar-refractivity contribution < 1.29 is 19.4 Å². The zero-order valence-electron chi connectivity index (χ0n) is 20.8. The van der Waals surface area contributed by atoms with Crippen LogP contribution in [-0.4, -0.2) is 23.1 Å². The van der Waals surface area contributed by atoms with Crippen LogP contribution in [-0.2, 0) is 14.3 Å². The molecule has 1 N–H and O–H groups in total. The summed E-state index contributed by atoms with van der Waals surface area (Å²) in [5.41, 5.74) is 0. The summed E-state index contributed by atoms with van der Waals surface area (Å²) in [6.07, 6.45) is 24.1. The first-order valence-electron chi connectivity index (χ1n) is 13.5. The Morgan fingerprint density at radius 3 is 1.45 bits per heavy atom. The van der Waals surface area contributed by atoms with E-state index in [1.807, 2.05) is 0 Å². The molecule has 0 aliphatic rings. The molecule has 4 heteroatoms. The van der Waals surface area contributed by atoms with E-state index >= 15 is 0 Å². The van der Waals surface area contributed by atoms with Crippen molar-refractivity contribution in [3.63, 3.8) is 0 Å². The molecule has 0 heterocycles. The van der Waals surface area contributed by atoms with Crippen LogP contribution < -0.4 is 0 Å². The number of unbranched alkanes of at least 4 members (excludes halogenated alkanes) is 15. The summed E-state index contributed by atoms with van der Waals surface area (Å²) in [6, 6.07) is 0. The van der Waals surface area contributed by atoms with Crippen molar-refractivity contribution in [3.8, 4) is 0 Å². The number of aliphatic carboxylic acids is 1. The first-order chi connectivity index (χ1) is 15.1. The number of carbonyl (C=O) groups excluding carboxylic acids is 1. The molecule has 0 aliphatic heterocycles. The average Bonchev–Trinajstić information content (AvgIpc) is 2.74. The van der Waals surface area contributed by atoms with E-state index in [0.717, 1.165) is 51.4 Å². The zero-order valence-corrected chi connectivity index (χ0v) is 20.8. The van der Waals surface area contributed by atoms with Gasteiger partial charge in [-0.1, -0.05) is 104 Å². The largest absolute Gasteiger partial charge is 0.481 e. The Morgan fingerprint density at radius 2 is 0.968 bits per heavy atom. The number of carboxylic acids is 1. The topological polar surface area (TPSA) is 63.6 Å². The van der Waals surface area contributed by atoms with E-state index in [1.165, 1.54) is 77.0 Å². The molecule has 0 saturated carbocycles. The number of ether oxygens (including phenoxy) is 1. The van der Waals surface area contributed by atoms with Crippen LogP contribution in [0, 0.1) is 0 Å². The van der Waals surface area contributed by atoms with Gasteiger partial charge in [0.1, 0.15) is 6.10 Å². The van der Waals surface area contributed by atoms with Crippen LogP contribution in [0.15, 0.2) is 0 Å². The molecule has 0 aromatic carbocycles. The van der Waals surface area contributed by atoms with Gasteiger partial charge in [-0.3, -0.25) is 9.59 Å². The molecule has 31 heavy (non-hydrogen) atoms. The van der Waals surface area contributed by atoms with Gasteiger partial charge in [-0.25, -0.2) is 0 Å². The quantitative estimate of drug-likeness (QED) is 0.120. The van der Waals surface area contributed by atoms with Crippen molar-refractivity contribution >= 4 is 11.9 Å². The SMILES string of the molecule is CCCCCCCCC(=O)OC(CCCCCC)CCCCCCCCCCC(=O)O. The van der Waals surface area contributed by atoms with Gasteiger partial charge in [0.2, 0.25) is 0 Å². The molecule has 0 aromatic heterocycles. The minimum atomic E-state index is -0.683. The number of hydrogen-bond acceptors (Lipinski definition) is 3. The first kappa shape index (κ1) is 29.9. The third-order valence-electron chi connectivity index (χ3n) is 6.08. The van der Waals surface area contributed by atoms with Gasteiger partial charge in [0.05, 0.1) is 0 Å². The summed E-state index contributed by atoms with van der Waals surface area (Å²) < 4.78 is 5.86. The Balaban J connectivity index is 3.89. The standard InChI is InChI=1S/C27H52O4/c1-3-5-7-9-16-20-24-27(30)31-25(21-17-8-6-4-2)22-18-14-12-10-11-13-15-19-23-26(28)29/h25H,3-24H2,1-2H3,(H,28,29). The molecular weight excluding hydrogens is 388 g/mol. The number of esters is 1. The fourth-order valence-electron chi connectivity index (χ4n) is 4.06. The van der Waals surface area contributed by atoms with E-state index in [4.69, 9.17) is 9.84 Å². The fraction of sp³-hybridized carbons (Fsp3) is 0.926. The molecule has 0 aromatic rings. The third kappa shape index (κ3) is 23.4. The highest BCUT2D eigenvalue weighted by atomic mass is 16.5. The lowest BCUT2D eigenvalue weighted by Crippen LogP contribution is -2.18. The Hall–Kier alpha value is -1.06. The Bertz CT molecular complexity index is 408. The van der Waals surface area contributed by atoms with Crippen molar-refractivity contribution in [2.24, 2.45) is 0 Å². The molecule has 0 aliphatic carbocycles. The predicted molar refractivity (Wildman–Crippen MR) is 130 cm³/mol. The van der Waals surface area contributed by atoms with E-state index < -0.39 is 5.97 Å². The highest BCUT2D eigenvalue weighted by molar-refractivity contribution is 5.69. The molecule has 4 nitrogen and oxygen atoms in total. The molecular formula is C27H52O4. The predicted octanol–water partition coefficient (Wildman–Crippen LogP) is 8.60. The Kier molecular flexibility index (Phi) is 22.8. The van der Waals surface area contributed by atoms with Crippen molar-refractivity contribution in [2.45, 2.75) is 161 Å². The van der Waals surface area contributed by atoms with Crippen LogP contribution >= 0.6 is 0 Å². The third-order valence-corrected chi connectivity index (χ3v) is 6.08. The van der Waals surface area contributed by atoms with Crippen LogP contribution in [0.3, 0.4) is 0 Å². The van der Waals surface area contributed by atoms with E-state index in [1.54, 1.807) is 0 Å². The van der Waals surface area contributed by atoms with Crippen LogP contribution in [0.2, 0.25) is 0 Å². The lowest BCUT2D eigenvalue weighted by atomic mass is 10.0. The maximum atomic E-state index is 12.3. The normalized spacial score (nSPS) is 12.1. The molecule has 0 bridgehead atoms. The van der Waals surface area contributed by atoms with Gasteiger partial charge >= 0.3 is 11.9 Å². The van der Waals surface area contributed by atoms with Crippen LogP contribution in [0.4, 0.5) is 0 Å². The Morgan fingerprint density at radius 1 is 0.581 bits per heavy atom. The second-order valence-electron chi connectivity index (χ2n) is 9.24. The summed E-state index contributed by atoms with van der Waals surface area (Å²) in [7, 11) is 0. The van der Waals surface area contributed by atoms with E-state index in [9.17, 15) is 9.59 Å². The second kappa shape index (κ2) is 23.6. The first-order valence-corrected chi connectivity index (χ1v) is 13.5. The van der Waals surface area contributed by atoms with Crippen molar-refractivity contribution in [1.82, 2.24) is 0 Å².